The van der Waals surface area contributed by atoms with Crippen molar-refractivity contribution < 1.29 is 0 Å². The fraction of sp³-hybridized carbons (Fsp3) is 0.556. The lowest BCUT2D eigenvalue weighted by molar-refractivity contribution is 0.305. The zero-order valence-electron chi connectivity index (χ0n) is 14.6. The minimum atomic E-state index is -0.403. The van der Waals surface area contributed by atoms with Crippen LogP contribution in [0.25, 0.3) is 0 Å². The van der Waals surface area contributed by atoms with E-state index in [9.17, 15) is 0 Å². The molecule has 3 rings (SSSR count). The first-order valence-electron chi connectivity index (χ1n) is 8.53. The number of hydrogen-bond acceptors (Lipinski definition) is 5. The third kappa shape index (κ3) is 3.04. The molecule has 0 amide bonds. The van der Waals surface area contributed by atoms with Crippen LogP contribution in [0.15, 0.2) is 32.7 Å². The van der Waals surface area contributed by atoms with Crippen LogP contribution >= 0.6 is 15.9 Å². The quantitative estimate of drug-likeness (QED) is 0.762. The molecule has 6 heteroatoms. The molecule has 0 saturated heterocycles. The Balaban J connectivity index is 2.07. The second kappa shape index (κ2) is 6.06. The molecule has 130 valence electrons. The summed E-state index contributed by atoms with van der Waals surface area (Å²) in [5, 5.41) is 0. The van der Waals surface area contributed by atoms with E-state index in [1.54, 1.807) is 0 Å². The van der Waals surface area contributed by atoms with Crippen molar-refractivity contribution >= 4 is 33.5 Å². The summed E-state index contributed by atoms with van der Waals surface area (Å²) >= 11 is 3.74. The van der Waals surface area contributed by atoms with Crippen LogP contribution in [0.4, 0.5) is 5.69 Å². The Morgan fingerprint density at radius 3 is 2.38 bits per heavy atom. The van der Waals surface area contributed by atoms with Crippen molar-refractivity contribution in [2.75, 3.05) is 4.90 Å². The SMILES string of the molecule is CC(C)(C)c1ccc(N2C(N)=NC(N)=NC23CCCCC3)c(Br)c1. The summed E-state index contributed by atoms with van der Waals surface area (Å²) in [6.07, 6.45) is 5.36. The zero-order valence-corrected chi connectivity index (χ0v) is 16.2. The molecule has 4 N–H and O–H groups in total. The van der Waals surface area contributed by atoms with E-state index >= 15 is 0 Å². The summed E-state index contributed by atoms with van der Waals surface area (Å²) in [4.78, 5) is 11.0. The third-order valence-corrected chi connectivity index (χ3v) is 5.54. The molecule has 2 aliphatic rings. The first kappa shape index (κ1) is 17.3. The van der Waals surface area contributed by atoms with Crippen LogP contribution in [-0.2, 0) is 5.41 Å². The number of rotatable bonds is 1. The molecule has 1 saturated carbocycles. The highest BCUT2D eigenvalue weighted by molar-refractivity contribution is 9.10. The van der Waals surface area contributed by atoms with Gasteiger partial charge in [0.05, 0.1) is 5.69 Å². The number of nitrogens with zero attached hydrogens (tertiary/aromatic N) is 3. The smallest absolute Gasteiger partial charge is 0.220 e. The van der Waals surface area contributed by atoms with Gasteiger partial charge in [-0.15, -0.1) is 0 Å². The number of nitrogens with two attached hydrogens (primary N) is 2. The highest BCUT2D eigenvalue weighted by Crippen LogP contribution is 2.42. The van der Waals surface area contributed by atoms with Gasteiger partial charge < -0.3 is 11.5 Å². The maximum absolute atomic E-state index is 6.29. The summed E-state index contributed by atoms with van der Waals surface area (Å²) in [6, 6.07) is 6.44. The Bertz CT molecular complexity index is 696. The standard InChI is InChI=1S/C18H26BrN5/c1-17(2,3)12-7-8-14(13(19)11-12)24-16(21)22-15(20)23-18(24)9-5-4-6-10-18/h7-8,11H,4-6,9-10H2,1-3H3,(H4,20,21,22,23). The molecule has 1 aliphatic heterocycles. The number of aliphatic imine (C=N–C) groups is 2. The molecular formula is C18H26BrN5. The normalized spacial score (nSPS) is 20.8. The summed E-state index contributed by atoms with van der Waals surface area (Å²) in [6.45, 7) is 6.62. The van der Waals surface area contributed by atoms with Gasteiger partial charge in [-0.2, -0.15) is 4.99 Å². The largest absolute Gasteiger partial charge is 0.369 e. The molecule has 0 aromatic heterocycles. The van der Waals surface area contributed by atoms with Gasteiger partial charge in [-0.3, -0.25) is 4.90 Å². The number of hydrogen-bond donors (Lipinski definition) is 2. The van der Waals surface area contributed by atoms with Gasteiger partial charge in [0.2, 0.25) is 11.9 Å². The van der Waals surface area contributed by atoms with Crippen LogP contribution in [0.2, 0.25) is 0 Å². The van der Waals surface area contributed by atoms with Gasteiger partial charge >= 0.3 is 0 Å². The molecule has 5 nitrogen and oxygen atoms in total. The Hall–Kier alpha value is -1.56. The number of guanidine groups is 2. The van der Waals surface area contributed by atoms with Gasteiger partial charge in [0, 0.05) is 4.47 Å². The van der Waals surface area contributed by atoms with Crippen molar-refractivity contribution in [1.29, 1.82) is 0 Å². The fourth-order valence-electron chi connectivity index (χ4n) is 3.62. The van der Waals surface area contributed by atoms with Gasteiger partial charge in [-0.1, -0.05) is 33.3 Å². The van der Waals surface area contributed by atoms with Crippen LogP contribution in [0.3, 0.4) is 0 Å². The monoisotopic (exact) mass is 391 g/mol. The lowest BCUT2D eigenvalue weighted by Crippen LogP contribution is -2.58. The Labute approximate surface area is 152 Å². The molecule has 1 aromatic carbocycles. The molecule has 1 fully saturated rings. The summed E-state index contributed by atoms with van der Waals surface area (Å²) in [5.74, 6) is 0.710. The van der Waals surface area contributed by atoms with Gasteiger partial charge in [0.15, 0.2) is 0 Å². The zero-order chi connectivity index (χ0) is 17.5. The molecule has 1 spiro atoms. The number of halogens is 1. The van der Waals surface area contributed by atoms with E-state index < -0.39 is 5.66 Å². The minimum Gasteiger partial charge on any atom is -0.369 e. The van der Waals surface area contributed by atoms with Gasteiger partial charge in [0.1, 0.15) is 5.66 Å². The molecular weight excluding hydrogens is 366 g/mol. The van der Waals surface area contributed by atoms with E-state index in [4.69, 9.17) is 16.5 Å². The van der Waals surface area contributed by atoms with E-state index in [-0.39, 0.29) is 11.4 Å². The van der Waals surface area contributed by atoms with Crippen molar-refractivity contribution in [3.8, 4) is 0 Å². The Morgan fingerprint density at radius 2 is 1.79 bits per heavy atom. The van der Waals surface area contributed by atoms with Crippen LogP contribution in [0.1, 0.15) is 58.4 Å². The maximum Gasteiger partial charge on any atom is 0.220 e. The van der Waals surface area contributed by atoms with Gasteiger partial charge in [-0.25, -0.2) is 4.99 Å². The molecule has 0 atom stereocenters. The van der Waals surface area contributed by atoms with E-state index in [0.29, 0.717) is 5.96 Å². The molecule has 0 unspecified atom stereocenters. The van der Waals surface area contributed by atoms with Crippen LogP contribution in [0.5, 0.6) is 0 Å². The van der Waals surface area contributed by atoms with Gasteiger partial charge in [-0.05, 0) is 64.7 Å². The predicted octanol–water partition coefficient (Wildman–Crippen LogP) is 3.86. The van der Waals surface area contributed by atoms with Gasteiger partial charge in [0.25, 0.3) is 0 Å². The number of benzene rings is 1. The molecule has 24 heavy (non-hydrogen) atoms. The summed E-state index contributed by atoms with van der Waals surface area (Å²) in [5.41, 5.74) is 14.2. The van der Waals surface area contributed by atoms with Crippen molar-refractivity contribution in [1.82, 2.24) is 0 Å². The van der Waals surface area contributed by atoms with Crippen molar-refractivity contribution in [3.05, 3.63) is 28.2 Å². The highest BCUT2D eigenvalue weighted by Gasteiger charge is 2.43. The lowest BCUT2D eigenvalue weighted by atomic mass is 9.85. The number of anilines is 1. The summed E-state index contributed by atoms with van der Waals surface area (Å²) < 4.78 is 1.01. The Morgan fingerprint density at radius 1 is 1.12 bits per heavy atom. The minimum absolute atomic E-state index is 0.0910. The summed E-state index contributed by atoms with van der Waals surface area (Å²) in [7, 11) is 0. The van der Waals surface area contributed by atoms with Crippen LogP contribution in [-0.4, -0.2) is 17.6 Å². The lowest BCUT2D eigenvalue weighted by Gasteiger charge is -2.46. The van der Waals surface area contributed by atoms with Crippen molar-refractivity contribution in [3.63, 3.8) is 0 Å². The highest BCUT2D eigenvalue weighted by atomic mass is 79.9. The van der Waals surface area contributed by atoms with E-state index in [1.165, 1.54) is 12.0 Å². The third-order valence-electron chi connectivity index (χ3n) is 4.91. The second-order valence-corrected chi connectivity index (χ2v) is 8.59. The first-order valence-corrected chi connectivity index (χ1v) is 9.32. The average molecular weight is 392 g/mol. The van der Waals surface area contributed by atoms with E-state index in [1.807, 2.05) is 0 Å². The first-order chi connectivity index (χ1) is 11.2. The molecule has 1 heterocycles. The predicted molar refractivity (Wildman–Crippen MR) is 104 cm³/mol. The molecule has 0 bridgehead atoms. The van der Waals surface area contributed by atoms with Crippen LogP contribution in [0, 0.1) is 0 Å². The molecule has 1 aromatic rings. The maximum atomic E-state index is 6.29. The van der Waals surface area contributed by atoms with Crippen molar-refractivity contribution in [2.45, 2.75) is 64.0 Å². The molecule has 0 radical (unpaired) electrons. The second-order valence-electron chi connectivity index (χ2n) is 7.73. The molecule has 1 aliphatic carbocycles. The van der Waals surface area contributed by atoms with Crippen LogP contribution < -0.4 is 16.4 Å². The topological polar surface area (TPSA) is 80.0 Å². The van der Waals surface area contributed by atoms with E-state index in [0.717, 1.165) is 35.8 Å². The van der Waals surface area contributed by atoms with E-state index in [2.05, 4.69) is 64.8 Å². The average Bonchev–Trinajstić information content (AvgIpc) is 2.47. The Kier molecular flexibility index (Phi) is 4.36. The van der Waals surface area contributed by atoms with Crippen molar-refractivity contribution in [2.24, 2.45) is 21.5 Å². The fourth-order valence-corrected chi connectivity index (χ4v) is 4.18.